The molecule has 0 saturated heterocycles. The molecule has 1 aromatic heterocycles. The van der Waals surface area contributed by atoms with Crippen LogP contribution in [0.1, 0.15) is 5.56 Å². The maximum atomic E-state index is 13.1. The first-order chi connectivity index (χ1) is 11.6. The van der Waals surface area contributed by atoms with E-state index in [0.717, 1.165) is 11.1 Å². The Hall–Kier alpha value is -1.76. The van der Waals surface area contributed by atoms with Gasteiger partial charge in [-0.25, -0.2) is 9.37 Å². The molecular weight excluding hydrogens is 372 g/mol. The van der Waals surface area contributed by atoms with Gasteiger partial charge in [-0.1, -0.05) is 41.0 Å². The molecule has 8 heteroatoms. The molecule has 1 heterocycles. The molecule has 24 heavy (non-hydrogen) atoms. The number of ether oxygens (including phenoxy) is 1. The number of rotatable bonds is 5. The standard InChI is InChI=1S/C16H12Cl2FN3OS/c1-23-14-5-3-10(17)6-12(14)15-20-16(22-21-15)24-8-9-2-4-11(19)7-13(9)18/h2-7H,8H2,1H3,(H,20,21,22). The van der Waals surface area contributed by atoms with Crippen molar-refractivity contribution in [3.8, 4) is 17.1 Å². The van der Waals surface area contributed by atoms with Crippen molar-refractivity contribution in [1.82, 2.24) is 15.2 Å². The largest absolute Gasteiger partial charge is 0.496 e. The first kappa shape index (κ1) is 17.1. The van der Waals surface area contributed by atoms with E-state index in [1.807, 2.05) is 0 Å². The summed E-state index contributed by atoms with van der Waals surface area (Å²) in [5.74, 6) is 1.38. The van der Waals surface area contributed by atoms with E-state index in [4.69, 9.17) is 27.9 Å². The third-order valence-corrected chi connectivity index (χ3v) is 4.74. The van der Waals surface area contributed by atoms with Crippen LogP contribution in [0.4, 0.5) is 4.39 Å². The molecule has 3 rings (SSSR count). The molecule has 1 N–H and O–H groups in total. The third-order valence-electron chi connectivity index (χ3n) is 3.25. The molecule has 0 aliphatic rings. The van der Waals surface area contributed by atoms with Crippen molar-refractivity contribution in [2.45, 2.75) is 10.9 Å². The number of benzene rings is 2. The third kappa shape index (κ3) is 3.83. The van der Waals surface area contributed by atoms with E-state index in [1.54, 1.807) is 31.4 Å². The number of H-pyrrole nitrogens is 1. The van der Waals surface area contributed by atoms with Crippen LogP contribution in [-0.4, -0.2) is 22.3 Å². The van der Waals surface area contributed by atoms with Crippen molar-refractivity contribution in [2.24, 2.45) is 0 Å². The summed E-state index contributed by atoms with van der Waals surface area (Å²) in [4.78, 5) is 4.43. The van der Waals surface area contributed by atoms with E-state index in [-0.39, 0.29) is 5.82 Å². The Kier molecular flexibility index (Phi) is 5.28. The highest BCUT2D eigenvalue weighted by Crippen LogP contribution is 2.32. The van der Waals surface area contributed by atoms with Crippen LogP contribution >= 0.6 is 35.0 Å². The Balaban J connectivity index is 1.77. The van der Waals surface area contributed by atoms with Gasteiger partial charge in [-0.3, -0.25) is 5.10 Å². The Morgan fingerprint density at radius 3 is 2.79 bits per heavy atom. The molecular formula is C16H12Cl2FN3OS. The second-order valence-electron chi connectivity index (χ2n) is 4.84. The number of nitrogens with zero attached hydrogens (tertiary/aromatic N) is 2. The van der Waals surface area contributed by atoms with Crippen molar-refractivity contribution in [3.63, 3.8) is 0 Å². The zero-order valence-corrected chi connectivity index (χ0v) is 14.8. The van der Waals surface area contributed by atoms with E-state index in [9.17, 15) is 4.39 Å². The smallest absolute Gasteiger partial charge is 0.209 e. The summed E-state index contributed by atoms with van der Waals surface area (Å²) >= 11 is 13.4. The van der Waals surface area contributed by atoms with Crippen molar-refractivity contribution >= 4 is 35.0 Å². The van der Waals surface area contributed by atoms with Gasteiger partial charge in [0.15, 0.2) is 5.82 Å². The average Bonchev–Trinajstić information content (AvgIpc) is 3.03. The van der Waals surface area contributed by atoms with Crippen LogP contribution in [0.5, 0.6) is 5.75 Å². The number of aromatic nitrogens is 3. The minimum atomic E-state index is -0.359. The summed E-state index contributed by atoms with van der Waals surface area (Å²) < 4.78 is 18.4. The summed E-state index contributed by atoms with van der Waals surface area (Å²) in [6, 6.07) is 9.59. The van der Waals surface area contributed by atoms with Gasteiger partial charge in [0, 0.05) is 15.8 Å². The molecule has 0 spiro atoms. The fourth-order valence-electron chi connectivity index (χ4n) is 2.08. The van der Waals surface area contributed by atoms with Gasteiger partial charge < -0.3 is 4.74 Å². The number of hydrogen-bond donors (Lipinski definition) is 1. The van der Waals surface area contributed by atoms with E-state index in [0.29, 0.717) is 32.5 Å². The van der Waals surface area contributed by atoms with Crippen LogP contribution in [0.2, 0.25) is 10.0 Å². The Morgan fingerprint density at radius 2 is 2.04 bits per heavy atom. The molecule has 0 unspecified atom stereocenters. The van der Waals surface area contributed by atoms with E-state index in [1.165, 1.54) is 23.9 Å². The lowest BCUT2D eigenvalue weighted by molar-refractivity contribution is 0.416. The number of nitrogens with one attached hydrogen (secondary N) is 1. The molecule has 0 bridgehead atoms. The summed E-state index contributed by atoms with van der Waals surface area (Å²) in [6.07, 6.45) is 0. The lowest BCUT2D eigenvalue weighted by Crippen LogP contribution is -1.89. The average molecular weight is 384 g/mol. The molecule has 0 amide bonds. The van der Waals surface area contributed by atoms with Crippen molar-refractivity contribution in [3.05, 3.63) is 57.8 Å². The number of aromatic amines is 1. The van der Waals surface area contributed by atoms with Crippen molar-refractivity contribution < 1.29 is 9.13 Å². The Bertz CT molecular complexity index is 872. The molecule has 0 atom stereocenters. The van der Waals surface area contributed by atoms with Crippen LogP contribution in [0, 0.1) is 5.82 Å². The molecule has 0 aliphatic carbocycles. The molecule has 0 saturated carbocycles. The quantitative estimate of drug-likeness (QED) is 0.613. The van der Waals surface area contributed by atoms with Crippen LogP contribution in [-0.2, 0) is 5.75 Å². The monoisotopic (exact) mass is 383 g/mol. The van der Waals surface area contributed by atoms with E-state index in [2.05, 4.69) is 15.2 Å². The first-order valence-corrected chi connectivity index (χ1v) is 8.64. The second-order valence-corrected chi connectivity index (χ2v) is 6.62. The highest BCUT2D eigenvalue weighted by Gasteiger charge is 2.13. The molecule has 3 aromatic rings. The summed E-state index contributed by atoms with van der Waals surface area (Å²) in [7, 11) is 1.58. The zero-order valence-electron chi connectivity index (χ0n) is 12.5. The van der Waals surface area contributed by atoms with Crippen molar-refractivity contribution in [1.29, 1.82) is 0 Å². The topological polar surface area (TPSA) is 50.8 Å². The summed E-state index contributed by atoms with van der Waals surface area (Å²) in [5.41, 5.74) is 1.54. The first-order valence-electron chi connectivity index (χ1n) is 6.90. The van der Waals surface area contributed by atoms with Gasteiger partial charge in [0.25, 0.3) is 0 Å². The molecule has 4 nitrogen and oxygen atoms in total. The summed E-state index contributed by atoms with van der Waals surface area (Å²) in [5, 5.41) is 8.55. The Morgan fingerprint density at radius 1 is 1.21 bits per heavy atom. The fraction of sp³-hybridized carbons (Fsp3) is 0.125. The molecule has 0 fully saturated rings. The highest BCUT2D eigenvalue weighted by molar-refractivity contribution is 7.98. The number of methoxy groups -OCH3 is 1. The van der Waals surface area contributed by atoms with Crippen LogP contribution in [0.25, 0.3) is 11.4 Å². The van der Waals surface area contributed by atoms with Crippen LogP contribution in [0.15, 0.2) is 41.6 Å². The molecule has 0 radical (unpaired) electrons. The van der Waals surface area contributed by atoms with E-state index < -0.39 is 0 Å². The van der Waals surface area contributed by atoms with E-state index >= 15 is 0 Å². The maximum Gasteiger partial charge on any atom is 0.209 e. The van der Waals surface area contributed by atoms with Gasteiger partial charge in [0.1, 0.15) is 11.6 Å². The fourth-order valence-corrected chi connectivity index (χ4v) is 3.37. The SMILES string of the molecule is COc1ccc(Cl)cc1-c1nc(SCc2ccc(F)cc2Cl)n[nH]1. The van der Waals surface area contributed by atoms with Gasteiger partial charge in [-0.15, -0.1) is 5.10 Å². The second kappa shape index (κ2) is 7.42. The van der Waals surface area contributed by atoms with Gasteiger partial charge in [-0.05, 0) is 35.9 Å². The molecule has 0 aliphatic heterocycles. The minimum Gasteiger partial charge on any atom is -0.496 e. The lowest BCUT2D eigenvalue weighted by Gasteiger charge is -2.05. The molecule has 124 valence electrons. The predicted octanol–water partition coefficient (Wildman–Crippen LogP) is 5.22. The minimum absolute atomic E-state index is 0.359. The van der Waals surface area contributed by atoms with Crippen LogP contribution in [0.3, 0.4) is 0 Å². The maximum absolute atomic E-state index is 13.1. The van der Waals surface area contributed by atoms with Crippen LogP contribution < -0.4 is 4.74 Å². The molecule has 2 aromatic carbocycles. The predicted molar refractivity (Wildman–Crippen MR) is 94.4 cm³/mol. The van der Waals surface area contributed by atoms with Gasteiger partial charge in [0.05, 0.1) is 12.7 Å². The lowest BCUT2D eigenvalue weighted by atomic mass is 10.2. The normalized spacial score (nSPS) is 10.8. The van der Waals surface area contributed by atoms with Gasteiger partial charge in [0.2, 0.25) is 5.16 Å². The number of hydrogen-bond acceptors (Lipinski definition) is 4. The Labute approximate surface area is 152 Å². The van der Waals surface area contributed by atoms with Crippen molar-refractivity contribution in [2.75, 3.05) is 7.11 Å². The number of halogens is 3. The van der Waals surface area contributed by atoms with Gasteiger partial charge >= 0.3 is 0 Å². The summed E-state index contributed by atoms with van der Waals surface area (Å²) in [6.45, 7) is 0. The number of thioether (sulfide) groups is 1. The highest BCUT2D eigenvalue weighted by atomic mass is 35.5. The van der Waals surface area contributed by atoms with Gasteiger partial charge in [-0.2, -0.15) is 0 Å². The zero-order chi connectivity index (χ0) is 17.1.